The van der Waals surface area contributed by atoms with E-state index in [1.54, 1.807) is 0 Å². The molecule has 0 atom stereocenters. The molecule has 3 rings (SSSR count). The Bertz CT molecular complexity index is 828. The van der Waals surface area contributed by atoms with Gasteiger partial charge in [-0.15, -0.1) is 0 Å². The van der Waals surface area contributed by atoms with E-state index in [0.29, 0.717) is 5.56 Å². The van der Waals surface area contributed by atoms with Gasteiger partial charge in [-0.2, -0.15) is 21.6 Å². The molecule has 1 aliphatic heterocycles. The highest BCUT2D eigenvalue weighted by Crippen LogP contribution is 2.40. The molecule has 2 aromatic rings. The van der Waals surface area contributed by atoms with Crippen LogP contribution in [-0.2, 0) is 16.7 Å². The molecule has 0 aromatic heterocycles. The van der Waals surface area contributed by atoms with Crippen molar-refractivity contribution < 1.29 is 30.5 Å². The van der Waals surface area contributed by atoms with Gasteiger partial charge >= 0.3 is 15.6 Å². The second kappa shape index (κ2) is 4.91. The molecule has 0 radical (unpaired) electrons. The van der Waals surface area contributed by atoms with Gasteiger partial charge in [0, 0.05) is 11.6 Å². The van der Waals surface area contributed by atoms with Crippen LogP contribution >= 0.6 is 0 Å². The van der Waals surface area contributed by atoms with E-state index in [9.17, 15) is 21.6 Å². The third-order valence-electron chi connectivity index (χ3n) is 3.13. The zero-order chi connectivity index (χ0) is 16.0. The fourth-order valence-electron chi connectivity index (χ4n) is 2.13. The maximum atomic E-state index is 12.3. The number of ether oxygens (including phenoxy) is 1. The van der Waals surface area contributed by atoms with Crippen LogP contribution in [0.15, 0.2) is 42.5 Å². The van der Waals surface area contributed by atoms with Crippen LogP contribution in [0.3, 0.4) is 0 Å². The third kappa shape index (κ3) is 2.50. The van der Waals surface area contributed by atoms with Gasteiger partial charge in [0.1, 0.15) is 18.1 Å². The van der Waals surface area contributed by atoms with Gasteiger partial charge in [-0.1, -0.05) is 24.3 Å². The number of hydrogen-bond donors (Lipinski definition) is 0. The molecule has 2 aromatic carbocycles. The van der Waals surface area contributed by atoms with Crippen LogP contribution in [0, 0.1) is 0 Å². The maximum Gasteiger partial charge on any atom is 0.534 e. The van der Waals surface area contributed by atoms with Crippen molar-refractivity contribution in [1.82, 2.24) is 0 Å². The van der Waals surface area contributed by atoms with Gasteiger partial charge in [0.15, 0.2) is 0 Å². The standard InChI is InChI=1S/C14H9F3O4S/c15-14(16,17)22(18,19)21-10-5-6-12-11-4-2-1-3-9(11)8-20-13(12)7-10/h1-7H,8H2. The average Bonchev–Trinajstić information content (AvgIpc) is 2.45. The Hall–Kier alpha value is -2.22. The lowest BCUT2D eigenvalue weighted by molar-refractivity contribution is -0.0500. The Labute approximate surface area is 124 Å². The SMILES string of the molecule is O=S(=O)(Oc1ccc2c(c1)OCc1ccccc1-2)C(F)(F)F. The summed E-state index contributed by atoms with van der Waals surface area (Å²) in [4.78, 5) is 0. The fraction of sp³-hybridized carbons (Fsp3) is 0.143. The predicted molar refractivity (Wildman–Crippen MR) is 71.8 cm³/mol. The van der Waals surface area contributed by atoms with Gasteiger partial charge in [-0.25, -0.2) is 0 Å². The summed E-state index contributed by atoms with van der Waals surface area (Å²) in [6.07, 6.45) is 0. The van der Waals surface area contributed by atoms with Crippen molar-refractivity contribution in [3.05, 3.63) is 48.0 Å². The zero-order valence-electron chi connectivity index (χ0n) is 10.9. The van der Waals surface area contributed by atoms with Gasteiger partial charge < -0.3 is 8.92 Å². The van der Waals surface area contributed by atoms with Crippen molar-refractivity contribution in [2.75, 3.05) is 0 Å². The quantitative estimate of drug-likeness (QED) is 0.625. The molecular formula is C14H9F3O4S. The van der Waals surface area contributed by atoms with E-state index < -0.39 is 21.4 Å². The Morgan fingerprint density at radius 2 is 1.77 bits per heavy atom. The Morgan fingerprint density at radius 3 is 2.50 bits per heavy atom. The summed E-state index contributed by atoms with van der Waals surface area (Å²) in [5.41, 5.74) is -2.99. The summed E-state index contributed by atoms with van der Waals surface area (Å²) in [7, 11) is -5.69. The van der Waals surface area contributed by atoms with Gasteiger partial charge in [0.25, 0.3) is 0 Å². The molecule has 0 bridgehead atoms. The lowest BCUT2D eigenvalue weighted by Crippen LogP contribution is -2.28. The molecule has 0 saturated carbocycles. The normalized spacial score (nSPS) is 13.8. The molecule has 8 heteroatoms. The first-order valence-electron chi connectivity index (χ1n) is 6.14. The van der Waals surface area contributed by atoms with E-state index in [0.717, 1.165) is 23.3 Å². The van der Waals surface area contributed by atoms with E-state index >= 15 is 0 Å². The molecule has 0 spiro atoms. The van der Waals surface area contributed by atoms with E-state index in [4.69, 9.17) is 4.74 Å². The number of alkyl halides is 3. The first-order chi connectivity index (χ1) is 10.3. The molecule has 22 heavy (non-hydrogen) atoms. The maximum absolute atomic E-state index is 12.3. The predicted octanol–water partition coefficient (Wildman–Crippen LogP) is 3.47. The molecule has 0 amide bonds. The number of benzene rings is 2. The highest BCUT2D eigenvalue weighted by molar-refractivity contribution is 7.88. The molecule has 1 heterocycles. The minimum atomic E-state index is -5.69. The van der Waals surface area contributed by atoms with Crippen LogP contribution in [0.5, 0.6) is 11.5 Å². The lowest BCUT2D eigenvalue weighted by atomic mass is 9.97. The summed E-state index contributed by atoms with van der Waals surface area (Å²) in [6, 6.07) is 11.2. The van der Waals surface area contributed by atoms with Crippen LogP contribution in [0.2, 0.25) is 0 Å². The van der Waals surface area contributed by atoms with E-state index in [1.165, 1.54) is 6.07 Å². The number of rotatable bonds is 2. The molecule has 0 unspecified atom stereocenters. The van der Waals surface area contributed by atoms with Crippen LogP contribution in [0.1, 0.15) is 5.56 Å². The van der Waals surface area contributed by atoms with Crippen LogP contribution in [0.4, 0.5) is 13.2 Å². The Morgan fingerprint density at radius 1 is 1.05 bits per heavy atom. The molecule has 4 nitrogen and oxygen atoms in total. The highest BCUT2D eigenvalue weighted by Gasteiger charge is 2.48. The smallest absolute Gasteiger partial charge is 0.488 e. The number of hydrogen-bond acceptors (Lipinski definition) is 4. The molecule has 0 N–H and O–H groups in total. The summed E-state index contributed by atoms with van der Waals surface area (Å²) in [5, 5.41) is 0. The van der Waals surface area contributed by atoms with Crippen molar-refractivity contribution >= 4 is 10.1 Å². The van der Waals surface area contributed by atoms with Gasteiger partial charge in [-0.05, 0) is 23.3 Å². The molecule has 0 saturated heterocycles. The van der Waals surface area contributed by atoms with Crippen LogP contribution in [-0.4, -0.2) is 13.9 Å². The molecule has 1 aliphatic rings. The largest absolute Gasteiger partial charge is 0.534 e. The molecular weight excluding hydrogens is 321 g/mol. The average molecular weight is 330 g/mol. The Balaban J connectivity index is 1.97. The van der Waals surface area contributed by atoms with E-state index in [-0.39, 0.29) is 12.4 Å². The Kier molecular flexibility index (Phi) is 3.28. The summed E-state index contributed by atoms with van der Waals surface area (Å²) >= 11 is 0. The van der Waals surface area contributed by atoms with Crippen molar-refractivity contribution in [3.63, 3.8) is 0 Å². The van der Waals surface area contributed by atoms with Gasteiger partial charge in [-0.3, -0.25) is 0 Å². The van der Waals surface area contributed by atoms with E-state index in [2.05, 4.69) is 4.18 Å². The van der Waals surface area contributed by atoms with Crippen LogP contribution in [0.25, 0.3) is 11.1 Å². The van der Waals surface area contributed by atoms with Crippen molar-refractivity contribution in [2.24, 2.45) is 0 Å². The minimum Gasteiger partial charge on any atom is -0.488 e. The van der Waals surface area contributed by atoms with Crippen molar-refractivity contribution in [1.29, 1.82) is 0 Å². The summed E-state index contributed by atoms with van der Waals surface area (Å²) < 4.78 is 68.5. The fourth-order valence-corrected chi connectivity index (χ4v) is 2.59. The first kappa shape index (κ1) is 14.7. The topological polar surface area (TPSA) is 52.6 Å². The zero-order valence-corrected chi connectivity index (χ0v) is 11.7. The van der Waals surface area contributed by atoms with Crippen LogP contribution < -0.4 is 8.92 Å². The minimum absolute atomic E-state index is 0.249. The third-order valence-corrected chi connectivity index (χ3v) is 4.11. The first-order valence-corrected chi connectivity index (χ1v) is 7.55. The van der Waals surface area contributed by atoms with Crippen molar-refractivity contribution in [3.8, 4) is 22.6 Å². The molecule has 0 aliphatic carbocycles. The van der Waals surface area contributed by atoms with E-state index in [1.807, 2.05) is 24.3 Å². The van der Waals surface area contributed by atoms with Gasteiger partial charge in [0.05, 0.1) is 0 Å². The second-order valence-corrected chi connectivity index (χ2v) is 6.12. The highest BCUT2D eigenvalue weighted by atomic mass is 32.2. The molecule has 116 valence electrons. The monoisotopic (exact) mass is 330 g/mol. The summed E-state index contributed by atoms with van der Waals surface area (Å²) in [5.74, 6) is -0.177. The summed E-state index contributed by atoms with van der Waals surface area (Å²) in [6.45, 7) is 0.249. The number of halogens is 3. The lowest BCUT2D eigenvalue weighted by Gasteiger charge is -2.21. The number of fused-ring (bicyclic) bond motifs is 3. The van der Waals surface area contributed by atoms with Crippen molar-refractivity contribution in [2.45, 2.75) is 12.1 Å². The van der Waals surface area contributed by atoms with Gasteiger partial charge in [0.2, 0.25) is 0 Å². The molecule has 0 fully saturated rings. The second-order valence-electron chi connectivity index (χ2n) is 4.59.